The van der Waals surface area contributed by atoms with Gasteiger partial charge < -0.3 is 15.4 Å². The van der Waals surface area contributed by atoms with Crippen molar-refractivity contribution in [1.29, 1.82) is 0 Å². The Labute approximate surface area is 99.7 Å². The van der Waals surface area contributed by atoms with Crippen LogP contribution in [-0.2, 0) is 0 Å². The van der Waals surface area contributed by atoms with Crippen molar-refractivity contribution >= 4 is 0 Å². The molecule has 0 bridgehead atoms. The number of aromatic amines is 1. The molecular weight excluding hydrogens is 220 g/mol. The molecule has 2 heterocycles. The summed E-state index contributed by atoms with van der Waals surface area (Å²) in [5.41, 5.74) is -0.00394. The molecule has 3 N–H and O–H groups in total. The number of H-pyrrole nitrogens is 1. The van der Waals surface area contributed by atoms with E-state index in [0.29, 0.717) is 5.82 Å². The number of aromatic nitrogens is 2. The molecule has 0 spiro atoms. The monoisotopic (exact) mass is 238 g/mol. The maximum atomic E-state index is 11.6. The first kappa shape index (κ1) is 12.1. The first-order chi connectivity index (χ1) is 8.09. The second-order valence-corrected chi connectivity index (χ2v) is 4.36. The van der Waals surface area contributed by atoms with E-state index >= 15 is 0 Å². The maximum absolute atomic E-state index is 11.6. The minimum absolute atomic E-state index is 0.0105. The molecule has 6 nitrogen and oxygen atoms in total. The zero-order valence-corrected chi connectivity index (χ0v) is 10.2. The first-order valence-electron chi connectivity index (χ1n) is 5.84. The Morgan fingerprint density at radius 1 is 1.41 bits per heavy atom. The summed E-state index contributed by atoms with van der Waals surface area (Å²) in [6.45, 7) is 7.25. The Morgan fingerprint density at radius 2 is 2.06 bits per heavy atom. The third kappa shape index (κ3) is 2.48. The van der Waals surface area contributed by atoms with Gasteiger partial charge in [-0.05, 0) is 13.8 Å². The van der Waals surface area contributed by atoms with Gasteiger partial charge in [0.15, 0.2) is 0 Å². The van der Waals surface area contributed by atoms with Crippen LogP contribution in [0.3, 0.4) is 0 Å². The van der Waals surface area contributed by atoms with Crippen LogP contribution in [0.1, 0.15) is 24.4 Å². The molecule has 1 fully saturated rings. The second kappa shape index (κ2) is 4.85. The molecule has 6 heteroatoms. The number of aromatic hydroxyl groups is 1. The zero-order chi connectivity index (χ0) is 12.4. The van der Waals surface area contributed by atoms with Crippen LogP contribution in [-0.4, -0.2) is 46.2 Å². The summed E-state index contributed by atoms with van der Waals surface area (Å²) in [7, 11) is 0. The molecule has 0 aromatic carbocycles. The van der Waals surface area contributed by atoms with Gasteiger partial charge in [-0.3, -0.25) is 9.69 Å². The van der Waals surface area contributed by atoms with Crippen LogP contribution in [0.15, 0.2) is 4.79 Å². The lowest BCUT2D eigenvalue weighted by Gasteiger charge is -2.32. The zero-order valence-electron chi connectivity index (χ0n) is 10.2. The lowest BCUT2D eigenvalue weighted by atomic mass is 10.2. The SMILES string of the molecule is Cc1c(O)nc(C(C)N2CCNCC2)[nH]c1=O. The molecule has 1 aliphatic rings. The van der Waals surface area contributed by atoms with Crippen LogP contribution < -0.4 is 10.9 Å². The number of nitrogens with one attached hydrogen (secondary N) is 2. The van der Waals surface area contributed by atoms with E-state index in [4.69, 9.17) is 0 Å². The highest BCUT2D eigenvalue weighted by Crippen LogP contribution is 2.18. The molecular formula is C11H18N4O2. The van der Waals surface area contributed by atoms with Gasteiger partial charge >= 0.3 is 0 Å². The van der Waals surface area contributed by atoms with Crippen LogP contribution in [0.4, 0.5) is 0 Å². The van der Waals surface area contributed by atoms with Crippen molar-refractivity contribution in [3.05, 3.63) is 21.7 Å². The van der Waals surface area contributed by atoms with Crippen LogP contribution in [0.2, 0.25) is 0 Å². The van der Waals surface area contributed by atoms with Crippen LogP contribution >= 0.6 is 0 Å². The van der Waals surface area contributed by atoms with Gasteiger partial charge in [0.25, 0.3) is 5.56 Å². The third-order valence-electron chi connectivity index (χ3n) is 3.24. The number of nitrogens with zero attached hydrogens (tertiary/aromatic N) is 2. The molecule has 1 aliphatic heterocycles. The molecule has 2 rings (SSSR count). The molecule has 17 heavy (non-hydrogen) atoms. The fourth-order valence-electron chi connectivity index (χ4n) is 1.98. The van der Waals surface area contributed by atoms with E-state index in [0.717, 1.165) is 26.2 Å². The summed E-state index contributed by atoms with van der Waals surface area (Å²) in [5, 5.41) is 12.8. The molecule has 1 atom stereocenters. The fourth-order valence-corrected chi connectivity index (χ4v) is 1.98. The van der Waals surface area contributed by atoms with E-state index in [1.807, 2.05) is 6.92 Å². The summed E-state index contributed by atoms with van der Waals surface area (Å²) >= 11 is 0. The molecule has 0 radical (unpaired) electrons. The topological polar surface area (TPSA) is 81.2 Å². The van der Waals surface area contributed by atoms with Crippen molar-refractivity contribution in [3.63, 3.8) is 0 Å². The normalized spacial score (nSPS) is 19.2. The largest absolute Gasteiger partial charge is 0.493 e. The van der Waals surface area contributed by atoms with E-state index < -0.39 is 0 Å². The smallest absolute Gasteiger partial charge is 0.257 e. The summed E-state index contributed by atoms with van der Waals surface area (Å²) < 4.78 is 0. The van der Waals surface area contributed by atoms with Gasteiger partial charge in [-0.15, -0.1) is 0 Å². The van der Waals surface area contributed by atoms with Crippen molar-refractivity contribution in [3.8, 4) is 5.88 Å². The van der Waals surface area contributed by atoms with Gasteiger partial charge in [0.2, 0.25) is 5.88 Å². The molecule has 0 amide bonds. The molecule has 0 aliphatic carbocycles. The van der Waals surface area contributed by atoms with E-state index in [1.54, 1.807) is 6.92 Å². The van der Waals surface area contributed by atoms with E-state index in [2.05, 4.69) is 20.2 Å². The summed E-state index contributed by atoms with van der Waals surface area (Å²) in [6, 6.07) is 0.0105. The van der Waals surface area contributed by atoms with Gasteiger partial charge in [-0.1, -0.05) is 0 Å². The number of rotatable bonds is 2. The van der Waals surface area contributed by atoms with Gasteiger partial charge in [0.05, 0.1) is 11.6 Å². The Bertz CT molecular complexity index is 451. The number of piperazine rings is 1. The Hall–Kier alpha value is -1.40. The van der Waals surface area contributed by atoms with E-state index in [9.17, 15) is 9.90 Å². The van der Waals surface area contributed by atoms with Crippen molar-refractivity contribution in [2.24, 2.45) is 0 Å². The van der Waals surface area contributed by atoms with Crippen LogP contribution in [0.5, 0.6) is 5.88 Å². The lowest BCUT2D eigenvalue weighted by molar-refractivity contribution is 0.178. The highest BCUT2D eigenvalue weighted by molar-refractivity contribution is 5.21. The van der Waals surface area contributed by atoms with Crippen LogP contribution in [0, 0.1) is 6.92 Å². The quantitative estimate of drug-likeness (QED) is 0.662. The highest BCUT2D eigenvalue weighted by Gasteiger charge is 2.20. The van der Waals surface area contributed by atoms with E-state index in [-0.39, 0.29) is 23.0 Å². The average Bonchev–Trinajstić information content (AvgIpc) is 2.35. The summed E-state index contributed by atoms with van der Waals surface area (Å²) in [4.78, 5) is 20.6. The van der Waals surface area contributed by atoms with Crippen molar-refractivity contribution in [2.75, 3.05) is 26.2 Å². The molecule has 1 aromatic rings. The molecule has 1 aromatic heterocycles. The number of hydrogen-bond acceptors (Lipinski definition) is 5. The predicted octanol–water partition coefficient (Wildman–Crippen LogP) is -0.250. The van der Waals surface area contributed by atoms with Crippen molar-refractivity contribution in [2.45, 2.75) is 19.9 Å². The highest BCUT2D eigenvalue weighted by atomic mass is 16.3. The van der Waals surface area contributed by atoms with Crippen LogP contribution in [0.25, 0.3) is 0 Å². The lowest BCUT2D eigenvalue weighted by Crippen LogP contribution is -2.45. The van der Waals surface area contributed by atoms with Gasteiger partial charge in [0.1, 0.15) is 5.82 Å². The first-order valence-corrected chi connectivity index (χ1v) is 5.84. The Morgan fingerprint density at radius 3 is 2.65 bits per heavy atom. The van der Waals surface area contributed by atoms with Gasteiger partial charge in [0, 0.05) is 26.2 Å². The fraction of sp³-hybridized carbons (Fsp3) is 0.636. The maximum Gasteiger partial charge on any atom is 0.257 e. The molecule has 94 valence electrons. The second-order valence-electron chi connectivity index (χ2n) is 4.36. The van der Waals surface area contributed by atoms with Crippen molar-refractivity contribution < 1.29 is 5.11 Å². The van der Waals surface area contributed by atoms with E-state index in [1.165, 1.54) is 0 Å². The molecule has 0 saturated carbocycles. The molecule has 1 unspecified atom stereocenters. The standard InChI is InChI=1S/C11H18N4O2/c1-7-10(16)13-9(14-11(7)17)8(2)15-5-3-12-4-6-15/h8,12H,3-6H2,1-2H3,(H2,13,14,16,17). The predicted molar refractivity (Wildman–Crippen MR) is 64.1 cm³/mol. The summed E-state index contributed by atoms with van der Waals surface area (Å²) in [6.07, 6.45) is 0. The number of hydrogen-bond donors (Lipinski definition) is 3. The van der Waals surface area contributed by atoms with Crippen molar-refractivity contribution in [1.82, 2.24) is 20.2 Å². The van der Waals surface area contributed by atoms with Gasteiger partial charge in [-0.25, -0.2) is 0 Å². The third-order valence-corrected chi connectivity index (χ3v) is 3.24. The summed E-state index contributed by atoms with van der Waals surface area (Å²) in [5.74, 6) is 0.353. The average molecular weight is 238 g/mol. The molecule has 1 saturated heterocycles. The van der Waals surface area contributed by atoms with Gasteiger partial charge in [-0.2, -0.15) is 4.98 Å². The minimum atomic E-state index is -0.269. The Kier molecular flexibility index (Phi) is 3.44. The Balaban J connectivity index is 2.24. The minimum Gasteiger partial charge on any atom is -0.493 e.